The van der Waals surface area contributed by atoms with Gasteiger partial charge in [0.25, 0.3) is 0 Å². The summed E-state index contributed by atoms with van der Waals surface area (Å²) < 4.78 is 8.21. The van der Waals surface area contributed by atoms with Crippen molar-refractivity contribution in [2.45, 2.75) is 45.2 Å². The molecule has 1 aromatic carbocycles. The highest BCUT2D eigenvalue weighted by Gasteiger charge is 2.34. The van der Waals surface area contributed by atoms with Gasteiger partial charge in [-0.1, -0.05) is 25.3 Å². The SMILES string of the molecule is COc1cccc(N2Cc3nc(=O)n(CC4CCCCC4)n3C2=O)c1. The first-order chi connectivity index (χ1) is 12.2. The van der Waals surface area contributed by atoms with Crippen molar-refractivity contribution in [1.82, 2.24) is 14.3 Å². The predicted octanol–water partition coefficient (Wildman–Crippen LogP) is 2.62. The molecule has 25 heavy (non-hydrogen) atoms. The van der Waals surface area contributed by atoms with Crippen LogP contribution in [0, 0.1) is 5.92 Å². The third-order valence-electron chi connectivity index (χ3n) is 5.16. The standard InChI is InChI=1S/C18H22N4O3/c1-25-15-9-5-8-14(10-15)20-12-16-19-17(23)21(22(16)18(20)24)11-13-6-3-2-4-7-13/h5,8-10,13H,2-4,6-7,11-12H2,1H3. The minimum Gasteiger partial charge on any atom is -0.497 e. The molecule has 1 aliphatic heterocycles. The Bertz CT molecular complexity index is 848. The number of carbonyl (C=O) groups excluding carboxylic acids is 1. The lowest BCUT2D eigenvalue weighted by Crippen LogP contribution is -2.35. The van der Waals surface area contributed by atoms with E-state index in [0.29, 0.717) is 30.6 Å². The van der Waals surface area contributed by atoms with Gasteiger partial charge in [-0.25, -0.2) is 14.3 Å². The lowest BCUT2D eigenvalue weighted by atomic mass is 9.89. The van der Waals surface area contributed by atoms with Crippen LogP contribution in [0.15, 0.2) is 29.1 Å². The Hall–Kier alpha value is -2.57. The molecule has 1 aromatic heterocycles. The number of amides is 1. The van der Waals surface area contributed by atoms with Crippen LogP contribution >= 0.6 is 0 Å². The Morgan fingerprint density at radius 2 is 2.00 bits per heavy atom. The molecule has 2 aliphatic rings. The Morgan fingerprint density at radius 3 is 2.76 bits per heavy atom. The lowest BCUT2D eigenvalue weighted by molar-refractivity contribution is 0.237. The number of carbonyl (C=O) groups is 1. The maximum absolute atomic E-state index is 12.9. The molecule has 7 heteroatoms. The topological polar surface area (TPSA) is 69.4 Å². The van der Waals surface area contributed by atoms with Crippen LogP contribution in [0.3, 0.4) is 0 Å². The first-order valence-corrected chi connectivity index (χ1v) is 8.82. The molecule has 132 valence electrons. The number of fused-ring (bicyclic) bond motifs is 1. The third-order valence-corrected chi connectivity index (χ3v) is 5.16. The van der Waals surface area contributed by atoms with Gasteiger partial charge in [0, 0.05) is 18.3 Å². The van der Waals surface area contributed by atoms with E-state index in [1.54, 1.807) is 12.0 Å². The molecule has 1 amide bonds. The summed E-state index contributed by atoms with van der Waals surface area (Å²) in [6.07, 6.45) is 5.88. The van der Waals surface area contributed by atoms with Crippen LogP contribution in [0.4, 0.5) is 10.5 Å². The van der Waals surface area contributed by atoms with Crippen molar-refractivity contribution >= 4 is 11.7 Å². The second-order valence-electron chi connectivity index (χ2n) is 6.78. The fourth-order valence-corrected chi connectivity index (χ4v) is 3.83. The number of hydrogen-bond acceptors (Lipinski definition) is 4. The Labute approximate surface area is 145 Å². The molecule has 0 spiro atoms. The minimum atomic E-state index is -0.320. The maximum atomic E-state index is 12.9. The van der Waals surface area contributed by atoms with Crippen molar-refractivity contribution in [2.24, 2.45) is 5.92 Å². The van der Waals surface area contributed by atoms with Crippen molar-refractivity contribution in [3.8, 4) is 5.75 Å². The Morgan fingerprint density at radius 1 is 1.20 bits per heavy atom. The molecule has 0 saturated heterocycles. The van der Waals surface area contributed by atoms with E-state index in [1.807, 2.05) is 24.3 Å². The molecule has 0 bridgehead atoms. The van der Waals surface area contributed by atoms with Gasteiger partial charge in [0.1, 0.15) is 5.75 Å². The van der Waals surface area contributed by atoms with Gasteiger partial charge < -0.3 is 4.74 Å². The van der Waals surface area contributed by atoms with Crippen molar-refractivity contribution in [1.29, 1.82) is 0 Å². The van der Waals surface area contributed by atoms with E-state index in [2.05, 4.69) is 4.98 Å². The van der Waals surface area contributed by atoms with Gasteiger partial charge in [-0.05, 0) is 30.9 Å². The minimum absolute atomic E-state index is 0.228. The number of nitrogens with zero attached hydrogens (tertiary/aromatic N) is 4. The quantitative estimate of drug-likeness (QED) is 0.856. The number of anilines is 1. The fraction of sp³-hybridized carbons (Fsp3) is 0.500. The normalized spacial score (nSPS) is 17.8. The van der Waals surface area contributed by atoms with Gasteiger partial charge in [-0.15, -0.1) is 0 Å². The summed E-state index contributed by atoms with van der Waals surface area (Å²) in [6, 6.07) is 7.12. The molecule has 0 radical (unpaired) electrons. The molecule has 1 saturated carbocycles. The van der Waals surface area contributed by atoms with Gasteiger partial charge in [-0.3, -0.25) is 4.90 Å². The first-order valence-electron chi connectivity index (χ1n) is 8.82. The van der Waals surface area contributed by atoms with E-state index >= 15 is 0 Å². The molecule has 1 fully saturated rings. The van der Waals surface area contributed by atoms with E-state index < -0.39 is 0 Å². The van der Waals surface area contributed by atoms with E-state index in [0.717, 1.165) is 18.5 Å². The lowest BCUT2D eigenvalue weighted by Gasteiger charge is -2.22. The van der Waals surface area contributed by atoms with E-state index in [1.165, 1.54) is 28.6 Å². The summed E-state index contributed by atoms with van der Waals surface area (Å²) in [7, 11) is 1.60. The third kappa shape index (κ3) is 2.83. The average Bonchev–Trinajstić information content (AvgIpc) is 3.12. The van der Waals surface area contributed by atoms with Crippen molar-refractivity contribution in [3.05, 3.63) is 40.6 Å². The van der Waals surface area contributed by atoms with Crippen molar-refractivity contribution in [3.63, 3.8) is 0 Å². The molecule has 0 N–H and O–H groups in total. The fourth-order valence-electron chi connectivity index (χ4n) is 3.83. The monoisotopic (exact) mass is 342 g/mol. The molecule has 1 aliphatic carbocycles. The number of ether oxygens (including phenoxy) is 1. The van der Waals surface area contributed by atoms with Crippen LogP contribution in [0.5, 0.6) is 5.75 Å². The van der Waals surface area contributed by atoms with Crippen molar-refractivity contribution in [2.75, 3.05) is 12.0 Å². The van der Waals surface area contributed by atoms with Crippen LogP contribution in [-0.4, -0.2) is 27.5 Å². The summed E-state index contributed by atoms with van der Waals surface area (Å²) in [4.78, 5) is 30.9. The molecule has 4 rings (SSSR count). The highest BCUT2D eigenvalue weighted by molar-refractivity contribution is 5.95. The number of aromatic nitrogens is 3. The summed E-state index contributed by atoms with van der Waals surface area (Å²) >= 11 is 0. The molecule has 2 aromatic rings. The second-order valence-corrected chi connectivity index (χ2v) is 6.78. The number of hydrogen-bond donors (Lipinski definition) is 0. The number of benzene rings is 1. The molecular weight excluding hydrogens is 320 g/mol. The first kappa shape index (κ1) is 15.9. The Kier molecular flexibility index (Phi) is 4.07. The van der Waals surface area contributed by atoms with Gasteiger partial charge in [0.2, 0.25) is 0 Å². The van der Waals surface area contributed by atoms with Gasteiger partial charge in [0.05, 0.1) is 13.7 Å². The number of methoxy groups -OCH3 is 1. The van der Waals surface area contributed by atoms with E-state index in [4.69, 9.17) is 4.74 Å². The molecule has 7 nitrogen and oxygen atoms in total. The summed E-state index contributed by atoms with van der Waals surface area (Å²) in [6.45, 7) is 0.877. The molecule has 0 atom stereocenters. The average molecular weight is 342 g/mol. The van der Waals surface area contributed by atoms with E-state index in [-0.39, 0.29) is 11.7 Å². The molecule has 2 heterocycles. The summed E-state index contributed by atoms with van der Waals surface area (Å²) in [5.74, 6) is 1.65. The smallest absolute Gasteiger partial charge is 0.364 e. The van der Waals surface area contributed by atoms with Gasteiger partial charge >= 0.3 is 11.7 Å². The molecule has 0 unspecified atom stereocenters. The highest BCUT2D eigenvalue weighted by Crippen LogP contribution is 2.28. The zero-order valence-electron chi connectivity index (χ0n) is 14.4. The van der Waals surface area contributed by atoms with Crippen LogP contribution in [0.2, 0.25) is 0 Å². The molecular formula is C18H22N4O3. The summed E-state index contributed by atoms with van der Waals surface area (Å²) in [5.41, 5.74) is 0.422. The van der Waals surface area contributed by atoms with E-state index in [9.17, 15) is 9.59 Å². The second kappa shape index (κ2) is 6.38. The van der Waals surface area contributed by atoms with Crippen molar-refractivity contribution < 1.29 is 9.53 Å². The van der Waals surface area contributed by atoms with Crippen LogP contribution in [0.1, 0.15) is 37.9 Å². The largest absolute Gasteiger partial charge is 0.497 e. The maximum Gasteiger partial charge on any atom is 0.364 e. The van der Waals surface area contributed by atoms with Gasteiger partial charge in [0.15, 0.2) is 5.82 Å². The highest BCUT2D eigenvalue weighted by atomic mass is 16.5. The Balaban J connectivity index is 1.62. The van der Waals surface area contributed by atoms with Crippen LogP contribution in [0.25, 0.3) is 0 Å². The van der Waals surface area contributed by atoms with Crippen LogP contribution < -0.4 is 15.3 Å². The zero-order valence-corrected chi connectivity index (χ0v) is 14.4. The predicted molar refractivity (Wildman–Crippen MR) is 93.0 cm³/mol. The van der Waals surface area contributed by atoms with Gasteiger partial charge in [-0.2, -0.15) is 9.67 Å². The summed E-state index contributed by atoms with van der Waals surface area (Å²) in [5, 5.41) is 0. The number of rotatable bonds is 4. The van der Waals surface area contributed by atoms with Crippen LogP contribution in [-0.2, 0) is 13.1 Å². The zero-order chi connectivity index (χ0) is 17.4.